The molecule has 144 valence electrons. The van der Waals surface area contributed by atoms with Crippen molar-refractivity contribution in [3.63, 3.8) is 0 Å². The van der Waals surface area contributed by atoms with E-state index < -0.39 is 0 Å². The van der Waals surface area contributed by atoms with Gasteiger partial charge in [0.15, 0.2) is 5.82 Å². The molecule has 0 saturated carbocycles. The monoisotopic (exact) mass is 413 g/mol. The van der Waals surface area contributed by atoms with Crippen LogP contribution in [0, 0.1) is 6.92 Å². The molecule has 0 spiro atoms. The number of hydrogen-bond acceptors (Lipinski definition) is 5. The van der Waals surface area contributed by atoms with E-state index in [0.29, 0.717) is 17.4 Å². The van der Waals surface area contributed by atoms with Gasteiger partial charge in [0.2, 0.25) is 5.91 Å². The Hall–Kier alpha value is -2.57. The molecule has 0 fully saturated rings. The van der Waals surface area contributed by atoms with E-state index in [4.69, 9.17) is 16.3 Å². The van der Waals surface area contributed by atoms with Gasteiger partial charge in [0.05, 0.1) is 12.9 Å². The molecule has 5 nitrogen and oxygen atoms in total. The molecule has 3 rings (SSSR count). The summed E-state index contributed by atoms with van der Waals surface area (Å²) in [6.45, 7) is 2.31. The maximum Gasteiger partial charge on any atom is 0.230 e. The first-order valence-electron chi connectivity index (χ1n) is 8.68. The number of aromatic nitrogens is 2. The number of aryl methyl sites for hydroxylation is 1. The van der Waals surface area contributed by atoms with Crippen LogP contribution in [0.4, 0.5) is 0 Å². The molecule has 28 heavy (non-hydrogen) atoms. The first-order valence-corrected chi connectivity index (χ1v) is 10.0. The highest BCUT2D eigenvalue weighted by Gasteiger charge is 2.09. The lowest BCUT2D eigenvalue weighted by molar-refractivity contribution is -0.118. The van der Waals surface area contributed by atoms with Crippen molar-refractivity contribution in [3.05, 3.63) is 70.9 Å². The second-order valence-electron chi connectivity index (χ2n) is 6.06. The van der Waals surface area contributed by atoms with Crippen LogP contribution in [0.5, 0.6) is 5.75 Å². The zero-order valence-corrected chi connectivity index (χ0v) is 17.2. The first kappa shape index (κ1) is 20.2. The van der Waals surface area contributed by atoms with Crippen LogP contribution in [0.15, 0.2) is 59.6 Å². The Morgan fingerprint density at radius 1 is 1.14 bits per heavy atom. The van der Waals surface area contributed by atoms with Crippen LogP contribution in [-0.2, 0) is 11.3 Å². The lowest BCUT2D eigenvalue weighted by Crippen LogP contribution is -2.24. The molecule has 0 aliphatic carbocycles. The second kappa shape index (κ2) is 9.57. The SMILES string of the molecule is COc1ccc(-c2nc(C)cc(SCC(=O)NCc3ccccc3Cl)n2)cc1. The Bertz CT molecular complexity index is 964. The minimum Gasteiger partial charge on any atom is -0.497 e. The van der Waals surface area contributed by atoms with E-state index in [1.54, 1.807) is 7.11 Å². The molecule has 0 bridgehead atoms. The van der Waals surface area contributed by atoms with Crippen LogP contribution in [0.25, 0.3) is 11.4 Å². The second-order valence-corrected chi connectivity index (χ2v) is 7.46. The third-order valence-corrected chi connectivity index (χ3v) is 5.24. The Kier molecular flexibility index (Phi) is 6.90. The third-order valence-electron chi connectivity index (χ3n) is 3.96. The summed E-state index contributed by atoms with van der Waals surface area (Å²) in [5, 5.41) is 4.28. The average Bonchev–Trinajstić information content (AvgIpc) is 2.71. The predicted octanol–water partition coefficient (Wildman–Crippen LogP) is 4.52. The average molecular weight is 414 g/mol. The minimum atomic E-state index is -0.0767. The summed E-state index contributed by atoms with van der Waals surface area (Å²) in [5.41, 5.74) is 2.64. The maximum atomic E-state index is 12.2. The van der Waals surface area contributed by atoms with Gasteiger partial charge in [-0.25, -0.2) is 9.97 Å². The third kappa shape index (κ3) is 5.47. The smallest absolute Gasteiger partial charge is 0.230 e. The van der Waals surface area contributed by atoms with E-state index in [2.05, 4.69) is 15.3 Å². The molecule has 2 aromatic carbocycles. The summed E-state index contributed by atoms with van der Waals surface area (Å²) in [6.07, 6.45) is 0. The molecule has 1 aromatic heterocycles. The van der Waals surface area contributed by atoms with Crippen molar-refractivity contribution in [2.45, 2.75) is 18.5 Å². The van der Waals surface area contributed by atoms with E-state index in [0.717, 1.165) is 27.6 Å². The zero-order chi connectivity index (χ0) is 19.9. The number of ether oxygens (including phenoxy) is 1. The van der Waals surface area contributed by atoms with Gasteiger partial charge in [0, 0.05) is 22.8 Å². The Morgan fingerprint density at radius 2 is 1.89 bits per heavy atom. The number of hydrogen-bond donors (Lipinski definition) is 1. The molecule has 1 amide bonds. The molecule has 0 saturated heterocycles. The number of nitrogens with zero attached hydrogens (tertiary/aromatic N) is 2. The predicted molar refractivity (Wildman–Crippen MR) is 113 cm³/mol. The van der Waals surface area contributed by atoms with Crippen molar-refractivity contribution in [1.82, 2.24) is 15.3 Å². The zero-order valence-electron chi connectivity index (χ0n) is 15.6. The van der Waals surface area contributed by atoms with Crippen molar-refractivity contribution >= 4 is 29.3 Å². The molecule has 7 heteroatoms. The van der Waals surface area contributed by atoms with E-state index in [-0.39, 0.29) is 11.7 Å². The molecule has 0 aliphatic heterocycles. The van der Waals surface area contributed by atoms with Gasteiger partial charge in [-0.05, 0) is 48.9 Å². The number of rotatable bonds is 7. The van der Waals surface area contributed by atoms with Gasteiger partial charge in [-0.15, -0.1) is 0 Å². The molecule has 3 aromatic rings. The molecule has 0 unspecified atom stereocenters. The summed E-state index contributed by atoms with van der Waals surface area (Å²) in [7, 11) is 1.63. The molecule has 0 aliphatic rings. The van der Waals surface area contributed by atoms with Crippen LogP contribution in [0.2, 0.25) is 5.02 Å². The van der Waals surface area contributed by atoms with E-state index >= 15 is 0 Å². The fourth-order valence-corrected chi connectivity index (χ4v) is 3.50. The van der Waals surface area contributed by atoms with E-state index in [1.807, 2.05) is 61.5 Å². The number of methoxy groups -OCH3 is 1. The van der Waals surface area contributed by atoms with Gasteiger partial charge >= 0.3 is 0 Å². The normalized spacial score (nSPS) is 10.5. The number of benzene rings is 2. The Balaban J connectivity index is 1.61. The van der Waals surface area contributed by atoms with Gasteiger partial charge in [-0.2, -0.15) is 0 Å². The molecule has 1 heterocycles. The minimum absolute atomic E-state index is 0.0767. The maximum absolute atomic E-state index is 12.2. The van der Waals surface area contributed by atoms with Crippen LogP contribution in [-0.4, -0.2) is 28.7 Å². The number of amides is 1. The van der Waals surface area contributed by atoms with Crippen LogP contribution in [0.1, 0.15) is 11.3 Å². The number of carbonyl (C=O) groups excluding carboxylic acids is 1. The lowest BCUT2D eigenvalue weighted by Gasteiger charge is -2.08. The number of nitrogens with one attached hydrogen (secondary N) is 1. The summed E-state index contributed by atoms with van der Waals surface area (Å²) in [5.74, 6) is 1.60. The van der Waals surface area contributed by atoms with Gasteiger partial charge in [-0.1, -0.05) is 41.6 Å². The summed E-state index contributed by atoms with van der Waals surface area (Å²) >= 11 is 7.49. The van der Waals surface area contributed by atoms with Crippen LogP contribution < -0.4 is 10.1 Å². The summed E-state index contributed by atoms with van der Waals surface area (Å²) < 4.78 is 5.18. The number of halogens is 1. The molecule has 1 N–H and O–H groups in total. The van der Waals surface area contributed by atoms with E-state index in [9.17, 15) is 4.79 Å². The van der Waals surface area contributed by atoms with Crippen LogP contribution >= 0.6 is 23.4 Å². The summed E-state index contributed by atoms with van der Waals surface area (Å²) in [4.78, 5) is 21.2. The first-order chi connectivity index (χ1) is 13.5. The van der Waals surface area contributed by atoms with Crippen molar-refractivity contribution in [1.29, 1.82) is 0 Å². The van der Waals surface area contributed by atoms with Gasteiger partial charge in [0.1, 0.15) is 10.8 Å². The van der Waals surface area contributed by atoms with Crippen LogP contribution in [0.3, 0.4) is 0 Å². The quantitative estimate of drug-likeness (QED) is 0.455. The standard InChI is InChI=1S/C21H20ClN3O2S/c1-14-11-20(25-21(24-14)15-7-9-17(27-2)10-8-15)28-13-19(26)23-12-16-5-3-4-6-18(16)22/h3-11H,12-13H2,1-2H3,(H,23,26). The van der Waals surface area contributed by atoms with Gasteiger partial charge < -0.3 is 10.1 Å². The highest BCUT2D eigenvalue weighted by Crippen LogP contribution is 2.23. The molecular formula is C21H20ClN3O2S. The van der Waals surface area contributed by atoms with Crippen molar-refractivity contribution in [3.8, 4) is 17.1 Å². The fourth-order valence-electron chi connectivity index (χ4n) is 2.51. The Morgan fingerprint density at radius 3 is 2.61 bits per heavy atom. The van der Waals surface area contributed by atoms with Gasteiger partial charge in [0.25, 0.3) is 0 Å². The molecular weight excluding hydrogens is 394 g/mol. The summed E-state index contributed by atoms with van der Waals surface area (Å²) in [6, 6.07) is 16.9. The molecule has 0 atom stereocenters. The van der Waals surface area contributed by atoms with Gasteiger partial charge in [-0.3, -0.25) is 4.79 Å². The number of thioether (sulfide) groups is 1. The van der Waals surface area contributed by atoms with Crippen molar-refractivity contribution in [2.75, 3.05) is 12.9 Å². The fraction of sp³-hybridized carbons (Fsp3) is 0.190. The highest BCUT2D eigenvalue weighted by atomic mass is 35.5. The topological polar surface area (TPSA) is 64.1 Å². The number of carbonyl (C=O) groups is 1. The largest absolute Gasteiger partial charge is 0.497 e. The van der Waals surface area contributed by atoms with E-state index in [1.165, 1.54) is 11.8 Å². The lowest BCUT2D eigenvalue weighted by atomic mass is 10.2. The Labute approximate surface area is 173 Å². The van der Waals surface area contributed by atoms with Crippen molar-refractivity contribution < 1.29 is 9.53 Å². The van der Waals surface area contributed by atoms with Crippen molar-refractivity contribution in [2.24, 2.45) is 0 Å². The molecule has 0 radical (unpaired) electrons. The highest BCUT2D eigenvalue weighted by molar-refractivity contribution is 7.99.